The first kappa shape index (κ1) is 15.0. The molecule has 0 unspecified atom stereocenters. The largest absolute Gasteiger partial charge is 0.326 e. The molecule has 2 aromatic rings. The molecule has 0 bridgehead atoms. The number of benzene rings is 2. The van der Waals surface area contributed by atoms with Crippen LogP contribution in [0.25, 0.3) is 0 Å². The minimum Gasteiger partial charge on any atom is -0.326 e. The van der Waals surface area contributed by atoms with E-state index in [1.54, 1.807) is 6.92 Å². The molecule has 0 heterocycles. The van der Waals surface area contributed by atoms with Gasteiger partial charge in [0.15, 0.2) is 0 Å². The van der Waals surface area contributed by atoms with Gasteiger partial charge >= 0.3 is 0 Å². The van der Waals surface area contributed by atoms with Crippen molar-refractivity contribution in [3.63, 3.8) is 0 Å². The zero-order valence-electron chi connectivity index (χ0n) is 12.3. The Morgan fingerprint density at radius 3 is 1.90 bits per heavy atom. The van der Waals surface area contributed by atoms with Gasteiger partial charge in [-0.2, -0.15) is 0 Å². The third kappa shape index (κ3) is 4.88. The van der Waals surface area contributed by atoms with Crippen molar-refractivity contribution in [3.8, 4) is 0 Å². The van der Waals surface area contributed by atoms with Crippen LogP contribution in [0.1, 0.15) is 23.6 Å². The minimum atomic E-state index is -0.0434. The van der Waals surface area contributed by atoms with Gasteiger partial charge in [0.2, 0.25) is 5.91 Å². The Labute approximate surface area is 125 Å². The Bertz CT molecular complexity index is 627. The van der Waals surface area contributed by atoms with E-state index < -0.39 is 0 Å². The fourth-order valence-corrected chi connectivity index (χ4v) is 2.09. The van der Waals surface area contributed by atoms with Crippen molar-refractivity contribution >= 4 is 17.4 Å². The number of anilines is 1. The first-order valence-corrected chi connectivity index (χ1v) is 6.97. The molecule has 1 amide bonds. The van der Waals surface area contributed by atoms with Crippen LogP contribution in [0, 0.1) is 6.92 Å². The Hall–Kier alpha value is -2.42. The van der Waals surface area contributed by atoms with E-state index in [1.807, 2.05) is 55.5 Å². The predicted octanol–water partition coefficient (Wildman–Crippen LogP) is 3.31. The van der Waals surface area contributed by atoms with Crippen LogP contribution in [0.3, 0.4) is 0 Å². The summed E-state index contributed by atoms with van der Waals surface area (Å²) in [6.45, 7) is 3.58. The second-order valence-electron chi connectivity index (χ2n) is 5.29. The number of ketones is 1. The first-order valence-electron chi connectivity index (χ1n) is 6.97. The predicted molar refractivity (Wildman–Crippen MR) is 84.3 cm³/mol. The molecule has 21 heavy (non-hydrogen) atoms. The maximum absolute atomic E-state index is 12.0. The van der Waals surface area contributed by atoms with E-state index >= 15 is 0 Å². The second kappa shape index (κ2) is 6.84. The number of nitrogens with one attached hydrogen (secondary N) is 1. The SMILES string of the molecule is CC(=O)Cc1ccc(CC(=O)Nc2ccc(C)cc2)cc1. The fourth-order valence-electron chi connectivity index (χ4n) is 2.09. The van der Waals surface area contributed by atoms with E-state index in [0.29, 0.717) is 12.8 Å². The van der Waals surface area contributed by atoms with Gasteiger partial charge in [0.25, 0.3) is 0 Å². The summed E-state index contributed by atoms with van der Waals surface area (Å²) in [5.41, 5.74) is 3.88. The first-order chi connectivity index (χ1) is 10.0. The number of carbonyl (C=O) groups excluding carboxylic acids is 2. The molecule has 0 aliphatic rings. The number of amides is 1. The molecule has 0 aliphatic heterocycles. The number of hydrogen-bond acceptors (Lipinski definition) is 2. The topological polar surface area (TPSA) is 46.2 Å². The van der Waals surface area contributed by atoms with Crippen LogP contribution in [0.5, 0.6) is 0 Å². The summed E-state index contributed by atoms with van der Waals surface area (Å²) < 4.78 is 0. The molecular formula is C18H19NO2. The molecule has 2 rings (SSSR count). The zero-order valence-corrected chi connectivity index (χ0v) is 12.3. The van der Waals surface area contributed by atoms with E-state index in [4.69, 9.17) is 0 Å². The smallest absolute Gasteiger partial charge is 0.228 e. The molecule has 0 fully saturated rings. The number of rotatable bonds is 5. The second-order valence-corrected chi connectivity index (χ2v) is 5.29. The Kier molecular flexibility index (Phi) is 4.88. The van der Waals surface area contributed by atoms with Crippen LogP contribution in [0.4, 0.5) is 5.69 Å². The van der Waals surface area contributed by atoms with Gasteiger partial charge < -0.3 is 5.32 Å². The molecule has 0 aliphatic carbocycles. The van der Waals surface area contributed by atoms with Crippen molar-refractivity contribution in [1.82, 2.24) is 0 Å². The Balaban J connectivity index is 1.93. The third-order valence-corrected chi connectivity index (χ3v) is 3.18. The van der Waals surface area contributed by atoms with Gasteiger partial charge in [-0.1, -0.05) is 42.0 Å². The number of carbonyl (C=O) groups is 2. The lowest BCUT2D eigenvalue weighted by Gasteiger charge is -2.06. The molecule has 3 nitrogen and oxygen atoms in total. The minimum absolute atomic E-state index is 0.0434. The summed E-state index contributed by atoms with van der Waals surface area (Å²) >= 11 is 0. The Morgan fingerprint density at radius 2 is 1.38 bits per heavy atom. The highest BCUT2D eigenvalue weighted by Crippen LogP contribution is 2.11. The lowest BCUT2D eigenvalue weighted by Crippen LogP contribution is -2.14. The quantitative estimate of drug-likeness (QED) is 0.914. The van der Waals surface area contributed by atoms with Gasteiger partial charge in [0.05, 0.1) is 6.42 Å². The molecule has 0 atom stereocenters. The van der Waals surface area contributed by atoms with E-state index in [9.17, 15) is 9.59 Å². The van der Waals surface area contributed by atoms with E-state index in [-0.39, 0.29) is 11.7 Å². The molecule has 0 radical (unpaired) electrons. The highest BCUT2D eigenvalue weighted by atomic mass is 16.1. The molecule has 0 aromatic heterocycles. The van der Waals surface area contributed by atoms with Crippen molar-refractivity contribution in [2.75, 3.05) is 5.32 Å². The fraction of sp³-hybridized carbons (Fsp3) is 0.222. The third-order valence-electron chi connectivity index (χ3n) is 3.18. The highest BCUT2D eigenvalue weighted by Gasteiger charge is 2.05. The normalized spacial score (nSPS) is 10.2. The number of Topliss-reactive ketones (excluding diaryl/α,β-unsaturated/α-hetero) is 1. The Morgan fingerprint density at radius 1 is 0.857 bits per heavy atom. The van der Waals surface area contributed by atoms with Gasteiger partial charge in [-0.15, -0.1) is 0 Å². The standard InChI is InChI=1S/C18H19NO2/c1-13-3-9-17(10-4-13)19-18(21)12-16-7-5-15(6-8-16)11-14(2)20/h3-10H,11-12H2,1-2H3,(H,19,21). The monoisotopic (exact) mass is 281 g/mol. The van der Waals surface area contributed by atoms with E-state index in [1.165, 1.54) is 0 Å². The van der Waals surface area contributed by atoms with Crippen LogP contribution >= 0.6 is 0 Å². The van der Waals surface area contributed by atoms with Crippen LogP contribution in [0.15, 0.2) is 48.5 Å². The van der Waals surface area contributed by atoms with Crippen LogP contribution in [0.2, 0.25) is 0 Å². The molecule has 0 saturated heterocycles. The van der Waals surface area contributed by atoms with Gasteiger partial charge in [0, 0.05) is 12.1 Å². The molecule has 2 aromatic carbocycles. The van der Waals surface area contributed by atoms with Crippen molar-refractivity contribution in [2.45, 2.75) is 26.7 Å². The molecule has 0 saturated carbocycles. The molecule has 1 N–H and O–H groups in total. The summed E-state index contributed by atoms with van der Waals surface area (Å²) in [4.78, 5) is 23.0. The van der Waals surface area contributed by atoms with Crippen LogP contribution in [-0.4, -0.2) is 11.7 Å². The van der Waals surface area contributed by atoms with Crippen molar-refractivity contribution in [2.24, 2.45) is 0 Å². The summed E-state index contributed by atoms with van der Waals surface area (Å²) in [7, 11) is 0. The lowest BCUT2D eigenvalue weighted by atomic mass is 10.1. The summed E-state index contributed by atoms with van der Waals surface area (Å²) in [5, 5.41) is 2.87. The average Bonchev–Trinajstić information content (AvgIpc) is 2.43. The maximum Gasteiger partial charge on any atom is 0.228 e. The van der Waals surface area contributed by atoms with Crippen LogP contribution in [-0.2, 0) is 22.4 Å². The lowest BCUT2D eigenvalue weighted by molar-refractivity contribution is -0.116. The van der Waals surface area contributed by atoms with E-state index in [2.05, 4.69) is 5.32 Å². The van der Waals surface area contributed by atoms with Crippen molar-refractivity contribution < 1.29 is 9.59 Å². The van der Waals surface area contributed by atoms with Crippen LogP contribution < -0.4 is 5.32 Å². The van der Waals surface area contributed by atoms with Gasteiger partial charge in [0.1, 0.15) is 5.78 Å². The van der Waals surface area contributed by atoms with Gasteiger partial charge in [-0.05, 0) is 37.1 Å². The number of aryl methyl sites for hydroxylation is 1. The van der Waals surface area contributed by atoms with Crippen molar-refractivity contribution in [1.29, 1.82) is 0 Å². The summed E-state index contributed by atoms with van der Waals surface area (Å²) in [6, 6.07) is 15.3. The summed E-state index contributed by atoms with van der Waals surface area (Å²) in [6.07, 6.45) is 0.768. The van der Waals surface area contributed by atoms with Gasteiger partial charge in [-0.3, -0.25) is 9.59 Å². The zero-order chi connectivity index (χ0) is 15.2. The number of hydrogen-bond donors (Lipinski definition) is 1. The maximum atomic E-state index is 12.0. The molecule has 3 heteroatoms. The highest BCUT2D eigenvalue weighted by molar-refractivity contribution is 5.92. The summed E-state index contributed by atoms with van der Waals surface area (Å²) in [5.74, 6) is 0.0954. The van der Waals surface area contributed by atoms with Crippen molar-refractivity contribution in [3.05, 3.63) is 65.2 Å². The molecule has 0 spiro atoms. The van der Waals surface area contributed by atoms with Gasteiger partial charge in [-0.25, -0.2) is 0 Å². The molecule has 108 valence electrons. The molecular weight excluding hydrogens is 262 g/mol. The average molecular weight is 281 g/mol. The van der Waals surface area contributed by atoms with E-state index in [0.717, 1.165) is 22.4 Å².